The molecule has 0 spiro atoms. The number of hydrogen-bond donors (Lipinski definition) is 1. The Morgan fingerprint density at radius 1 is 0.889 bits per heavy atom. The van der Waals surface area contributed by atoms with Gasteiger partial charge in [0.25, 0.3) is 5.91 Å². The first-order valence-corrected chi connectivity index (χ1v) is 8.73. The Labute approximate surface area is 158 Å². The number of amides is 1. The van der Waals surface area contributed by atoms with Gasteiger partial charge in [-0.1, -0.05) is 36.4 Å². The van der Waals surface area contributed by atoms with Crippen LogP contribution in [0.3, 0.4) is 0 Å². The van der Waals surface area contributed by atoms with Crippen LogP contribution < -0.4 is 19.5 Å². The predicted molar refractivity (Wildman–Crippen MR) is 106 cm³/mol. The minimum Gasteiger partial charge on any atom is -0.496 e. The molecule has 1 unspecified atom stereocenters. The summed E-state index contributed by atoms with van der Waals surface area (Å²) in [4.78, 5) is 12.3. The highest BCUT2D eigenvalue weighted by atomic mass is 16.5. The zero-order valence-electron chi connectivity index (χ0n) is 15.7. The van der Waals surface area contributed by atoms with Crippen molar-refractivity contribution < 1.29 is 19.0 Å². The molecule has 3 aromatic rings. The van der Waals surface area contributed by atoms with Crippen LogP contribution in [0.1, 0.15) is 18.5 Å². The van der Waals surface area contributed by atoms with Crippen molar-refractivity contribution in [1.82, 2.24) is 5.32 Å². The molecule has 3 aromatic carbocycles. The van der Waals surface area contributed by atoms with Crippen molar-refractivity contribution in [2.24, 2.45) is 0 Å². The molecule has 5 nitrogen and oxygen atoms in total. The van der Waals surface area contributed by atoms with Crippen LogP contribution in [0.5, 0.6) is 17.2 Å². The highest BCUT2D eigenvalue weighted by molar-refractivity contribution is 5.83. The van der Waals surface area contributed by atoms with E-state index >= 15 is 0 Å². The molecule has 140 valence electrons. The minimum absolute atomic E-state index is 0.0890. The molecule has 0 aliphatic carbocycles. The first-order chi connectivity index (χ1) is 13.1. The van der Waals surface area contributed by atoms with Gasteiger partial charge >= 0.3 is 0 Å². The van der Waals surface area contributed by atoms with E-state index in [0.717, 1.165) is 10.9 Å². The molecule has 0 fully saturated rings. The quantitative estimate of drug-likeness (QED) is 0.684. The van der Waals surface area contributed by atoms with Gasteiger partial charge in [0.2, 0.25) is 0 Å². The summed E-state index contributed by atoms with van der Waals surface area (Å²) in [6, 6.07) is 19.4. The third kappa shape index (κ3) is 4.70. The Morgan fingerprint density at radius 3 is 2.19 bits per heavy atom. The minimum atomic E-state index is -0.197. The van der Waals surface area contributed by atoms with Crippen LogP contribution >= 0.6 is 0 Å². The van der Waals surface area contributed by atoms with E-state index in [2.05, 4.69) is 29.6 Å². The maximum absolute atomic E-state index is 12.3. The van der Waals surface area contributed by atoms with Crippen LogP contribution in [0.25, 0.3) is 10.8 Å². The Bertz CT molecular complexity index is 916. The molecule has 3 rings (SSSR count). The van der Waals surface area contributed by atoms with E-state index in [4.69, 9.17) is 14.2 Å². The van der Waals surface area contributed by atoms with E-state index in [-0.39, 0.29) is 18.6 Å². The van der Waals surface area contributed by atoms with Crippen LogP contribution in [0, 0.1) is 0 Å². The lowest BCUT2D eigenvalue weighted by Crippen LogP contribution is -2.31. The van der Waals surface area contributed by atoms with Crippen LogP contribution in [-0.2, 0) is 4.79 Å². The molecule has 0 heterocycles. The first kappa shape index (κ1) is 18.6. The van der Waals surface area contributed by atoms with Crippen molar-refractivity contribution in [3.8, 4) is 17.2 Å². The fourth-order valence-electron chi connectivity index (χ4n) is 2.86. The summed E-state index contributed by atoms with van der Waals surface area (Å²) >= 11 is 0. The molecule has 0 saturated heterocycles. The molecule has 0 aliphatic rings. The summed E-state index contributed by atoms with van der Waals surface area (Å²) in [5, 5.41) is 5.29. The smallest absolute Gasteiger partial charge is 0.258 e. The summed E-state index contributed by atoms with van der Waals surface area (Å²) in [5.74, 6) is 1.53. The van der Waals surface area contributed by atoms with E-state index in [1.54, 1.807) is 32.4 Å². The number of fused-ring (bicyclic) bond motifs is 1. The number of ether oxygens (including phenoxy) is 3. The van der Waals surface area contributed by atoms with E-state index in [1.165, 1.54) is 5.39 Å². The normalized spacial score (nSPS) is 11.7. The molecule has 1 N–H and O–H groups in total. The Balaban J connectivity index is 1.61. The second kappa shape index (κ2) is 8.45. The second-order valence-electron chi connectivity index (χ2n) is 6.23. The monoisotopic (exact) mass is 365 g/mol. The molecule has 5 heteroatoms. The zero-order chi connectivity index (χ0) is 19.2. The van der Waals surface area contributed by atoms with Gasteiger partial charge < -0.3 is 19.5 Å². The average Bonchev–Trinajstić information content (AvgIpc) is 2.71. The van der Waals surface area contributed by atoms with Crippen LogP contribution in [0.4, 0.5) is 0 Å². The lowest BCUT2D eigenvalue weighted by atomic mass is 10.0. The van der Waals surface area contributed by atoms with Crippen molar-refractivity contribution in [3.05, 3.63) is 66.2 Å². The zero-order valence-corrected chi connectivity index (χ0v) is 15.7. The molecule has 0 aliphatic heterocycles. The van der Waals surface area contributed by atoms with Gasteiger partial charge in [0.15, 0.2) is 6.61 Å². The summed E-state index contributed by atoms with van der Waals surface area (Å²) in [6.45, 7) is 1.87. The van der Waals surface area contributed by atoms with Gasteiger partial charge in [-0.15, -0.1) is 0 Å². The molecule has 0 bridgehead atoms. The average molecular weight is 365 g/mol. The molecule has 27 heavy (non-hydrogen) atoms. The van der Waals surface area contributed by atoms with E-state index in [0.29, 0.717) is 17.2 Å². The van der Waals surface area contributed by atoms with Gasteiger partial charge in [0, 0.05) is 18.2 Å². The lowest BCUT2D eigenvalue weighted by Gasteiger charge is -2.16. The number of rotatable bonds is 7. The van der Waals surface area contributed by atoms with Crippen molar-refractivity contribution in [3.63, 3.8) is 0 Å². The molecular formula is C22H23NO4. The van der Waals surface area contributed by atoms with Crippen molar-refractivity contribution in [1.29, 1.82) is 0 Å². The van der Waals surface area contributed by atoms with E-state index < -0.39 is 0 Å². The predicted octanol–water partition coefficient (Wildman–Crippen LogP) is 4.11. The van der Waals surface area contributed by atoms with Gasteiger partial charge in [0.1, 0.15) is 17.2 Å². The fraction of sp³-hybridized carbons (Fsp3) is 0.227. The SMILES string of the molecule is COc1cc(OC)cc(OCC(=O)NC(C)c2ccc3ccccc3c2)c1. The molecule has 0 aromatic heterocycles. The molecule has 0 saturated carbocycles. The molecule has 1 atom stereocenters. The van der Waals surface area contributed by atoms with E-state index in [9.17, 15) is 4.79 Å². The summed E-state index contributed by atoms with van der Waals surface area (Å²) < 4.78 is 16.0. The Morgan fingerprint density at radius 2 is 1.52 bits per heavy atom. The van der Waals surface area contributed by atoms with Crippen LogP contribution in [0.2, 0.25) is 0 Å². The summed E-state index contributed by atoms with van der Waals surface area (Å²) in [5.41, 5.74) is 1.05. The standard InChI is InChI=1S/C22H23NO4/c1-15(17-9-8-16-6-4-5-7-18(16)10-17)23-22(24)14-27-21-12-19(25-2)11-20(13-21)26-3/h4-13,15H,14H2,1-3H3,(H,23,24). The van der Waals surface area contributed by atoms with Gasteiger partial charge in [-0.05, 0) is 29.3 Å². The number of hydrogen-bond acceptors (Lipinski definition) is 4. The maximum atomic E-state index is 12.3. The van der Waals surface area contributed by atoms with E-state index in [1.807, 2.05) is 25.1 Å². The first-order valence-electron chi connectivity index (χ1n) is 8.73. The Kier molecular flexibility index (Phi) is 5.81. The third-order valence-electron chi connectivity index (χ3n) is 4.35. The topological polar surface area (TPSA) is 56.8 Å². The number of nitrogens with one attached hydrogen (secondary N) is 1. The lowest BCUT2D eigenvalue weighted by molar-refractivity contribution is -0.123. The van der Waals surface area contributed by atoms with Crippen LogP contribution in [-0.4, -0.2) is 26.7 Å². The Hall–Kier alpha value is -3.21. The fourth-order valence-corrected chi connectivity index (χ4v) is 2.86. The van der Waals surface area contributed by atoms with Crippen molar-refractivity contribution in [2.45, 2.75) is 13.0 Å². The second-order valence-corrected chi connectivity index (χ2v) is 6.23. The number of carbonyl (C=O) groups is 1. The third-order valence-corrected chi connectivity index (χ3v) is 4.35. The van der Waals surface area contributed by atoms with Gasteiger partial charge in [-0.2, -0.15) is 0 Å². The van der Waals surface area contributed by atoms with Gasteiger partial charge in [0.05, 0.1) is 20.3 Å². The molecule has 1 amide bonds. The number of carbonyl (C=O) groups excluding carboxylic acids is 1. The van der Waals surface area contributed by atoms with Crippen molar-refractivity contribution >= 4 is 16.7 Å². The largest absolute Gasteiger partial charge is 0.496 e. The van der Waals surface area contributed by atoms with Crippen LogP contribution in [0.15, 0.2) is 60.7 Å². The molecular weight excluding hydrogens is 342 g/mol. The number of benzene rings is 3. The maximum Gasteiger partial charge on any atom is 0.258 e. The van der Waals surface area contributed by atoms with Gasteiger partial charge in [-0.25, -0.2) is 0 Å². The summed E-state index contributed by atoms with van der Waals surface area (Å²) in [7, 11) is 3.13. The highest BCUT2D eigenvalue weighted by Crippen LogP contribution is 2.27. The number of methoxy groups -OCH3 is 2. The highest BCUT2D eigenvalue weighted by Gasteiger charge is 2.11. The van der Waals surface area contributed by atoms with Crippen molar-refractivity contribution in [2.75, 3.05) is 20.8 Å². The van der Waals surface area contributed by atoms with Gasteiger partial charge in [-0.3, -0.25) is 4.79 Å². The summed E-state index contributed by atoms with van der Waals surface area (Å²) in [6.07, 6.45) is 0. The molecule has 0 radical (unpaired) electrons.